The Kier molecular flexibility index (Phi) is 4.94. The van der Waals surface area contributed by atoms with Gasteiger partial charge in [0.1, 0.15) is 0 Å². The number of rotatable bonds is 7. The predicted molar refractivity (Wildman–Crippen MR) is 62.0 cm³/mol. The third-order valence-corrected chi connectivity index (χ3v) is 2.81. The summed E-state index contributed by atoms with van der Waals surface area (Å²) >= 11 is 0. The maximum Gasteiger partial charge on any atom is 0.314 e. The Morgan fingerprint density at radius 1 is 1.28 bits per heavy atom. The van der Waals surface area contributed by atoms with Crippen LogP contribution in [0.3, 0.4) is 0 Å². The summed E-state index contributed by atoms with van der Waals surface area (Å²) in [6.45, 7) is 2.31. The summed E-state index contributed by atoms with van der Waals surface area (Å²) in [4.78, 5) is 33.1. The minimum Gasteiger partial charge on any atom is -0.481 e. The highest BCUT2D eigenvalue weighted by Gasteiger charge is 2.50. The molecule has 1 rings (SSSR count). The zero-order valence-electron chi connectivity index (χ0n) is 10.3. The highest BCUT2D eigenvalue weighted by Crippen LogP contribution is 2.45. The van der Waals surface area contributed by atoms with E-state index in [4.69, 9.17) is 9.84 Å². The quantitative estimate of drug-likeness (QED) is 0.562. The largest absolute Gasteiger partial charge is 0.481 e. The molecule has 0 spiro atoms. The number of esters is 1. The molecule has 1 aliphatic rings. The van der Waals surface area contributed by atoms with E-state index in [1.165, 1.54) is 0 Å². The minimum absolute atomic E-state index is 0.103. The SMILES string of the molecule is CCOC(=O)CCNC(=O)NCC1(C(=O)O)CC1. The summed E-state index contributed by atoms with van der Waals surface area (Å²) in [6, 6.07) is -0.466. The van der Waals surface area contributed by atoms with E-state index in [-0.39, 0.29) is 25.5 Å². The Morgan fingerprint density at radius 3 is 2.44 bits per heavy atom. The van der Waals surface area contributed by atoms with Crippen LogP contribution in [0.15, 0.2) is 0 Å². The molecule has 1 aliphatic carbocycles. The fourth-order valence-corrected chi connectivity index (χ4v) is 1.44. The second-order valence-electron chi connectivity index (χ2n) is 4.25. The van der Waals surface area contributed by atoms with Crippen LogP contribution in [0, 0.1) is 5.41 Å². The van der Waals surface area contributed by atoms with Crippen molar-refractivity contribution in [2.24, 2.45) is 5.41 Å². The van der Waals surface area contributed by atoms with E-state index >= 15 is 0 Å². The van der Waals surface area contributed by atoms with Gasteiger partial charge in [-0.3, -0.25) is 9.59 Å². The molecule has 0 heterocycles. The number of nitrogens with one attached hydrogen (secondary N) is 2. The Labute approximate surface area is 105 Å². The van der Waals surface area contributed by atoms with Crippen molar-refractivity contribution < 1.29 is 24.2 Å². The number of carboxylic acids is 1. The monoisotopic (exact) mass is 258 g/mol. The van der Waals surface area contributed by atoms with Crippen LogP contribution < -0.4 is 10.6 Å². The van der Waals surface area contributed by atoms with Gasteiger partial charge in [0, 0.05) is 13.1 Å². The fraction of sp³-hybridized carbons (Fsp3) is 0.727. The average Bonchev–Trinajstić information content (AvgIpc) is 3.08. The first-order valence-corrected chi connectivity index (χ1v) is 5.91. The molecule has 0 bridgehead atoms. The maximum atomic E-state index is 11.3. The number of amides is 2. The van der Waals surface area contributed by atoms with Gasteiger partial charge in [-0.2, -0.15) is 0 Å². The van der Waals surface area contributed by atoms with Crippen molar-refractivity contribution in [3.05, 3.63) is 0 Å². The van der Waals surface area contributed by atoms with Gasteiger partial charge in [-0.05, 0) is 19.8 Å². The van der Waals surface area contributed by atoms with E-state index in [2.05, 4.69) is 10.6 Å². The molecule has 0 aromatic heterocycles. The predicted octanol–water partition coefficient (Wildman–Crippen LogP) is 0.104. The van der Waals surface area contributed by atoms with Crippen molar-refractivity contribution >= 4 is 18.0 Å². The topological polar surface area (TPSA) is 105 Å². The van der Waals surface area contributed by atoms with Crippen LogP contribution in [-0.2, 0) is 14.3 Å². The van der Waals surface area contributed by atoms with E-state index in [1.807, 2.05) is 0 Å². The van der Waals surface area contributed by atoms with Crippen LogP contribution in [0.5, 0.6) is 0 Å². The Hall–Kier alpha value is -1.79. The summed E-state index contributed by atoms with van der Waals surface area (Å²) in [5.74, 6) is -1.25. The molecule has 0 aliphatic heterocycles. The highest BCUT2D eigenvalue weighted by atomic mass is 16.5. The lowest BCUT2D eigenvalue weighted by molar-refractivity contribution is -0.143. The first-order chi connectivity index (χ1) is 8.50. The number of carboxylic acid groups (broad SMARTS) is 1. The summed E-state index contributed by atoms with van der Waals surface area (Å²) < 4.78 is 4.69. The van der Waals surface area contributed by atoms with E-state index in [0.29, 0.717) is 19.4 Å². The number of ether oxygens (including phenoxy) is 1. The number of carbonyl (C=O) groups is 3. The first kappa shape index (κ1) is 14.3. The molecule has 0 unspecified atom stereocenters. The normalized spacial score (nSPS) is 15.6. The van der Waals surface area contributed by atoms with Gasteiger partial charge < -0.3 is 20.5 Å². The molecule has 0 atom stereocenters. The van der Waals surface area contributed by atoms with Crippen molar-refractivity contribution in [1.82, 2.24) is 10.6 Å². The van der Waals surface area contributed by atoms with E-state index in [9.17, 15) is 14.4 Å². The lowest BCUT2D eigenvalue weighted by Crippen LogP contribution is -2.41. The van der Waals surface area contributed by atoms with Gasteiger partial charge in [0.15, 0.2) is 0 Å². The first-order valence-electron chi connectivity index (χ1n) is 5.91. The molecule has 1 saturated carbocycles. The lowest BCUT2D eigenvalue weighted by Gasteiger charge is -2.11. The molecule has 7 nitrogen and oxygen atoms in total. The molecule has 0 aromatic carbocycles. The molecule has 102 valence electrons. The molecular formula is C11H18N2O5. The fourth-order valence-electron chi connectivity index (χ4n) is 1.44. The minimum atomic E-state index is -0.880. The van der Waals surface area contributed by atoms with Crippen LogP contribution in [0.1, 0.15) is 26.2 Å². The van der Waals surface area contributed by atoms with Gasteiger partial charge in [0.2, 0.25) is 0 Å². The summed E-state index contributed by atoms with van der Waals surface area (Å²) in [5, 5.41) is 13.8. The number of carbonyl (C=O) groups excluding carboxylic acids is 2. The third kappa shape index (κ3) is 4.23. The Morgan fingerprint density at radius 2 is 1.94 bits per heavy atom. The van der Waals surface area contributed by atoms with Crippen LogP contribution in [0.25, 0.3) is 0 Å². The van der Waals surface area contributed by atoms with Gasteiger partial charge in [-0.25, -0.2) is 4.79 Å². The third-order valence-electron chi connectivity index (χ3n) is 2.81. The molecule has 0 saturated heterocycles. The van der Waals surface area contributed by atoms with Crippen molar-refractivity contribution in [3.8, 4) is 0 Å². The van der Waals surface area contributed by atoms with E-state index in [0.717, 1.165) is 0 Å². The summed E-state index contributed by atoms with van der Waals surface area (Å²) in [5.41, 5.74) is -0.779. The zero-order valence-corrected chi connectivity index (χ0v) is 10.3. The highest BCUT2D eigenvalue weighted by molar-refractivity contribution is 5.80. The van der Waals surface area contributed by atoms with Crippen LogP contribution >= 0.6 is 0 Å². The zero-order chi connectivity index (χ0) is 13.6. The lowest BCUT2D eigenvalue weighted by atomic mass is 10.1. The number of aliphatic carboxylic acids is 1. The summed E-state index contributed by atoms with van der Waals surface area (Å²) in [6.07, 6.45) is 1.28. The van der Waals surface area contributed by atoms with Crippen LogP contribution in [-0.4, -0.2) is 42.8 Å². The van der Waals surface area contributed by atoms with E-state index in [1.54, 1.807) is 6.92 Å². The van der Waals surface area contributed by atoms with Gasteiger partial charge in [-0.1, -0.05) is 0 Å². The number of hydrogen-bond acceptors (Lipinski definition) is 4. The Bertz CT molecular complexity index is 338. The van der Waals surface area contributed by atoms with Gasteiger partial charge in [0.25, 0.3) is 0 Å². The second-order valence-corrected chi connectivity index (χ2v) is 4.25. The number of urea groups is 1. The molecule has 7 heteroatoms. The van der Waals surface area contributed by atoms with E-state index < -0.39 is 17.4 Å². The van der Waals surface area contributed by atoms with Gasteiger partial charge >= 0.3 is 18.0 Å². The molecule has 18 heavy (non-hydrogen) atoms. The van der Waals surface area contributed by atoms with Gasteiger partial charge in [0.05, 0.1) is 18.4 Å². The molecule has 1 fully saturated rings. The van der Waals surface area contributed by atoms with Crippen molar-refractivity contribution in [1.29, 1.82) is 0 Å². The summed E-state index contributed by atoms with van der Waals surface area (Å²) in [7, 11) is 0. The van der Waals surface area contributed by atoms with Crippen molar-refractivity contribution in [3.63, 3.8) is 0 Å². The molecule has 0 aromatic rings. The molecular weight excluding hydrogens is 240 g/mol. The van der Waals surface area contributed by atoms with Crippen molar-refractivity contribution in [2.75, 3.05) is 19.7 Å². The molecule has 2 amide bonds. The van der Waals surface area contributed by atoms with Crippen LogP contribution in [0.4, 0.5) is 4.79 Å². The molecule has 0 radical (unpaired) electrons. The maximum absolute atomic E-state index is 11.3. The second kappa shape index (κ2) is 6.23. The van der Waals surface area contributed by atoms with Crippen LogP contribution in [0.2, 0.25) is 0 Å². The van der Waals surface area contributed by atoms with Gasteiger partial charge in [-0.15, -0.1) is 0 Å². The smallest absolute Gasteiger partial charge is 0.314 e. The molecule has 3 N–H and O–H groups in total. The average molecular weight is 258 g/mol. The number of hydrogen-bond donors (Lipinski definition) is 3. The standard InChI is InChI=1S/C11H18N2O5/c1-2-18-8(14)3-6-12-10(17)13-7-11(4-5-11)9(15)16/h2-7H2,1H3,(H,15,16)(H2,12,13,17). The Balaban J connectivity index is 2.11. The van der Waals surface area contributed by atoms with Crippen molar-refractivity contribution in [2.45, 2.75) is 26.2 Å².